The van der Waals surface area contributed by atoms with Crippen LogP contribution in [0.25, 0.3) is 0 Å². The third-order valence-corrected chi connectivity index (χ3v) is 6.45. The van der Waals surface area contributed by atoms with E-state index in [1.165, 1.54) is 20.3 Å². The smallest absolute Gasteiger partial charge is 0.350 e. The topological polar surface area (TPSA) is 116 Å². The van der Waals surface area contributed by atoms with Crippen molar-refractivity contribution in [3.8, 4) is 11.5 Å². The number of nitrogens with one attached hydrogen (secondary N) is 1. The summed E-state index contributed by atoms with van der Waals surface area (Å²) in [7, 11) is 2.95. The Morgan fingerprint density at radius 2 is 1.60 bits per heavy atom. The summed E-state index contributed by atoms with van der Waals surface area (Å²) in [6, 6.07) is 11.9. The summed E-state index contributed by atoms with van der Waals surface area (Å²) in [4.78, 5) is 43.6. The standard InChI is InChI=1S/C30H33N3O7/c1-5-39-24-12-9-19(15-27(24)40-6-2)13-14-31-28(34)21-10-7-20(8-11-21)18-33-29(35)22-16-25(37-3)26(38-4)17-23(22)32-30(33)36/h7-12,15-17,22H,5-6,13-14,18H2,1-4H3,(H,31,34). The van der Waals surface area contributed by atoms with Crippen molar-refractivity contribution in [1.82, 2.24) is 10.2 Å². The average molecular weight is 548 g/mol. The molecule has 0 aromatic heterocycles. The van der Waals surface area contributed by atoms with Crippen LogP contribution in [0.5, 0.6) is 11.5 Å². The molecule has 2 aliphatic rings. The second-order valence-corrected chi connectivity index (χ2v) is 9.02. The van der Waals surface area contributed by atoms with Gasteiger partial charge in [-0.05, 0) is 61.7 Å². The highest BCUT2D eigenvalue weighted by atomic mass is 16.5. The highest BCUT2D eigenvalue weighted by Gasteiger charge is 2.38. The van der Waals surface area contributed by atoms with E-state index in [1.807, 2.05) is 32.0 Å². The number of aliphatic imine (C=N–C) groups is 1. The molecule has 210 valence electrons. The summed E-state index contributed by atoms with van der Waals surface area (Å²) in [6.07, 6.45) is 3.76. The predicted molar refractivity (Wildman–Crippen MR) is 148 cm³/mol. The molecule has 1 atom stereocenters. The van der Waals surface area contributed by atoms with Gasteiger partial charge in [-0.15, -0.1) is 0 Å². The van der Waals surface area contributed by atoms with Crippen molar-refractivity contribution in [3.05, 3.63) is 82.8 Å². The first-order valence-electron chi connectivity index (χ1n) is 13.1. The molecule has 4 amide bonds. The predicted octanol–water partition coefficient (Wildman–Crippen LogP) is 4.05. The lowest BCUT2D eigenvalue weighted by atomic mass is 9.93. The Hall–Kier alpha value is -4.60. The first-order valence-corrected chi connectivity index (χ1v) is 13.1. The Bertz CT molecular complexity index is 1360. The summed E-state index contributed by atoms with van der Waals surface area (Å²) in [5, 5.41) is 2.92. The van der Waals surface area contributed by atoms with Crippen LogP contribution in [0.15, 0.2) is 71.1 Å². The van der Waals surface area contributed by atoms with Gasteiger partial charge in [-0.1, -0.05) is 18.2 Å². The molecule has 1 N–H and O–H groups in total. The van der Waals surface area contributed by atoms with Gasteiger partial charge in [0.1, 0.15) is 5.92 Å². The SMILES string of the molecule is CCOc1ccc(CCNC(=O)c2ccc(CN3C(=O)N=C4C=C(OC)C(OC)=CC4C3=O)cc2)cc1OCC. The highest BCUT2D eigenvalue weighted by molar-refractivity contribution is 6.22. The maximum atomic E-state index is 13.1. The maximum absolute atomic E-state index is 13.1. The van der Waals surface area contributed by atoms with Crippen LogP contribution in [0.2, 0.25) is 0 Å². The van der Waals surface area contributed by atoms with Gasteiger partial charge in [0.25, 0.3) is 5.91 Å². The molecule has 0 saturated carbocycles. The molecule has 10 nitrogen and oxygen atoms in total. The van der Waals surface area contributed by atoms with E-state index in [-0.39, 0.29) is 12.5 Å². The van der Waals surface area contributed by atoms with Gasteiger partial charge in [0.15, 0.2) is 23.0 Å². The minimum atomic E-state index is -0.739. The summed E-state index contributed by atoms with van der Waals surface area (Å²) in [5.41, 5.74) is 2.49. The van der Waals surface area contributed by atoms with Crippen LogP contribution < -0.4 is 14.8 Å². The molecule has 0 saturated heterocycles. The molecule has 1 aliphatic heterocycles. The number of methoxy groups -OCH3 is 2. The van der Waals surface area contributed by atoms with Crippen LogP contribution in [0, 0.1) is 5.92 Å². The Morgan fingerprint density at radius 1 is 0.925 bits per heavy atom. The van der Waals surface area contributed by atoms with Gasteiger partial charge in [0, 0.05) is 18.2 Å². The van der Waals surface area contributed by atoms with E-state index in [0.717, 1.165) is 10.5 Å². The summed E-state index contributed by atoms with van der Waals surface area (Å²) in [5.74, 6) is 0.825. The molecule has 10 heteroatoms. The average Bonchev–Trinajstić information content (AvgIpc) is 2.96. The number of rotatable bonds is 12. The Labute approximate surface area is 233 Å². The summed E-state index contributed by atoms with van der Waals surface area (Å²) >= 11 is 0. The van der Waals surface area contributed by atoms with Crippen molar-refractivity contribution in [2.24, 2.45) is 10.9 Å². The fraction of sp³-hybridized carbons (Fsp3) is 0.333. The minimum absolute atomic E-state index is 0.0315. The first-order chi connectivity index (χ1) is 19.4. The molecule has 0 fully saturated rings. The fourth-order valence-electron chi connectivity index (χ4n) is 4.44. The van der Waals surface area contributed by atoms with E-state index < -0.39 is 17.9 Å². The molecule has 0 bridgehead atoms. The lowest BCUT2D eigenvalue weighted by Gasteiger charge is -2.30. The van der Waals surface area contributed by atoms with Gasteiger partial charge < -0.3 is 24.3 Å². The summed E-state index contributed by atoms with van der Waals surface area (Å²) in [6.45, 7) is 5.39. The number of amides is 4. The number of urea groups is 1. The van der Waals surface area contributed by atoms with E-state index in [2.05, 4.69) is 10.3 Å². The minimum Gasteiger partial charge on any atom is -0.493 e. The quantitative estimate of drug-likeness (QED) is 0.426. The third-order valence-electron chi connectivity index (χ3n) is 6.45. The van der Waals surface area contributed by atoms with Gasteiger partial charge in [-0.25, -0.2) is 4.79 Å². The number of benzene rings is 2. The second-order valence-electron chi connectivity index (χ2n) is 9.02. The van der Waals surface area contributed by atoms with Crippen molar-refractivity contribution < 1.29 is 33.3 Å². The Kier molecular flexibility index (Phi) is 9.21. The zero-order valence-corrected chi connectivity index (χ0v) is 23.1. The van der Waals surface area contributed by atoms with E-state index in [9.17, 15) is 14.4 Å². The van der Waals surface area contributed by atoms with Crippen LogP contribution in [0.4, 0.5) is 4.79 Å². The lowest BCUT2D eigenvalue weighted by Crippen LogP contribution is -2.46. The largest absolute Gasteiger partial charge is 0.493 e. The zero-order chi connectivity index (χ0) is 28.6. The molecule has 40 heavy (non-hydrogen) atoms. The van der Waals surface area contributed by atoms with Crippen LogP contribution >= 0.6 is 0 Å². The van der Waals surface area contributed by atoms with Crippen LogP contribution in [0.3, 0.4) is 0 Å². The van der Waals surface area contributed by atoms with E-state index >= 15 is 0 Å². The fourth-order valence-corrected chi connectivity index (χ4v) is 4.44. The van der Waals surface area contributed by atoms with Gasteiger partial charge in [-0.3, -0.25) is 14.5 Å². The molecular formula is C30H33N3O7. The number of carbonyl (C=O) groups is 3. The number of hydrogen-bond acceptors (Lipinski definition) is 7. The number of imide groups is 1. The Balaban J connectivity index is 1.35. The molecule has 2 aromatic carbocycles. The first kappa shape index (κ1) is 28.4. The maximum Gasteiger partial charge on any atom is 0.350 e. The van der Waals surface area contributed by atoms with Crippen molar-refractivity contribution >= 4 is 23.6 Å². The molecule has 1 heterocycles. The van der Waals surface area contributed by atoms with Gasteiger partial charge in [0.2, 0.25) is 5.91 Å². The monoisotopic (exact) mass is 547 g/mol. The van der Waals surface area contributed by atoms with Crippen molar-refractivity contribution in [1.29, 1.82) is 0 Å². The van der Waals surface area contributed by atoms with Crippen LogP contribution in [-0.4, -0.2) is 62.4 Å². The van der Waals surface area contributed by atoms with Crippen LogP contribution in [-0.2, 0) is 27.2 Å². The molecule has 2 aromatic rings. The van der Waals surface area contributed by atoms with E-state index in [4.69, 9.17) is 18.9 Å². The number of hydrogen-bond donors (Lipinski definition) is 1. The molecular weight excluding hydrogens is 514 g/mol. The van der Waals surface area contributed by atoms with E-state index in [0.29, 0.717) is 66.0 Å². The normalized spacial score (nSPS) is 16.4. The van der Waals surface area contributed by atoms with Gasteiger partial charge >= 0.3 is 6.03 Å². The van der Waals surface area contributed by atoms with Crippen molar-refractivity contribution in [2.45, 2.75) is 26.8 Å². The third kappa shape index (κ3) is 6.33. The van der Waals surface area contributed by atoms with Crippen LogP contribution in [0.1, 0.15) is 35.3 Å². The number of fused-ring (bicyclic) bond motifs is 1. The Morgan fingerprint density at radius 3 is 2.27 bits per heavy atom. The number of carbonyl (C=O) groups excluding carboxylic acids is 3. The molecule has 1 aliphatic carbocycles. The van der Waals surface area contributed by atoms with Crippen molar-refractivity contribution in [2.75, 3.05) is 34.0 Å². The van der Waals surface area contributed by atoms with Gasteiger partial charge in [0.05, 0.1) is 39.7 Å². The highest BCUT2D eigenvalue weighted by Crippen LogP contribution is 2.29. The lowest BCUT2D eigenvalue weighted by molar-refractivity contribution is -0.130. The molecule has 0 radical (unpaired) electrons. The molecule has 1 unspecified atom stereocenters. The second kappa shape index (κ2) is 13.0. The molecule has 0 spiro atoms. The zero-order valence-electron chi connectivity index (χ0n) is 23.1. The van der Waals surface area contributed by atoms with Crippen molar-refractivity contribution in [3.63, 3.8) is 0 Å². The van der Waals surface area contributed by atoms with E-state index in [1.54, 1.807) is 30.3 Å². The van der Waals surface area contributed by atoms with Gasteiger partial charge in [-0.2, -0.15) is 4.99 Å². The number of nitrogens with zero attached hydrogens (tertiary/aromatic N) is 2. The number of ether oxygens (including phenoxy) is 4. The summed E-state index contributed by atoms with van der Waals surface area (Å²) < 4.78 is 21.8. The number of allylic oxidation sites excluding steroid dienone is 1. The molecule has 4 rings (SSSR count).